The molecule has 0 radical (unpaired) electrons. The first-order chi connectivity index (χ1) is 20.7. The summed E-state index contributed by atoms with van der Waals surface area (Å²) in [6.45, 7) is 4.87. The van der Waals surface area contributed by atoms with Gasteiger partial charge in [-0.1, -0.05) is 97.3 Å². The van der Waals surface area contributed by atoms with Gasteiger partial charge >= 0.3 is 5.97 Å². The Morgan fingerprint density at radius 1 is 0.674 bits per heavy atom. The molecule has 0 saturated carbocycles. The van der Waals surface area contributed by atoms with Gasteiger partial charge in [0.05, 0.1) is 6.04 Å². The lowest BCUT2D eigenvalue weighted by molar-refractivity contribution is -0.167. The van der Waals surface area contributed by atoms with Crippen molar-refractivity contribution in [1.29, 1.82) is 0 Å². The minimum absolute atomic E-state index is 0.0371. The van der Waals surface area contributed by atoms with Crippen molar-refractivity contribution in [2.75, 3.05) is 13.1 Å². The van der Waals surface area contributed by atoms with Gasteiger partial charge in [-0.3, -0.25) is 19.4 Å². The van der Waals surface area contributed by atoms with Crippen molar-refractivity contribution in [3.8, 4) is 0 Å². The molecule has 0 aliphatic heterocycles. The molecule has 0 aromatic rings. The van der Waals surface area contributed by atoms with E-state index in [-0.39, 0.29) is 31.6 Å². The average molecular weight is 612 g/mol. The van der Waals surface area contributed by atoms with Crippen molar-refractivity contribution >= 4 is 23.6 Å². The van der Waals surface area contributed by atoms with Crippen LogP contribution in [0.15, 0.2) is 0 Å². The number of hydrogen-bond acceptors (Lipinski definition) is 7. The van der Waals surface area contributed by atoms with Gasteiger partial charge in [-0.25, -0.2) is 10.6 Å². The molecular formula is C33H65N5O5. The third-order valence-corrected chi connectivity index (χ3v) is 8.28. The molecule has 0 aromatic heterocycles. The number of aliphatic carboxylic acids is 1. The normalized spacial score (nSPS) is 13.3. The van der Waals surface area contributed by atoms with Gasteiger partial charge < -0.3 is 21.9 Å². The molecule has 0 saturated heterocycles. The molecule has 0 rings (SSSR count). The summed E-state index contributed by atoms with van der Waals surface area (Å²) in [5, 5.41) is 13.8. The number of nitrogens with one attached hydrogen (secondary N) is 1. The molecule has 0 spiro atoms. The zero-order valence-electron chi connectivity index (χ0n) is 27.5. The van der Waals surface area contributed by atoms with E-state index in [2.05, 4.69) is 12.2 Å². The van der Waals surface area contributed by atoms with Gasteiger partial charge in [0.2, 0.25) is 17.4 Å². The Bertz CT molecular complexity index is 766. The maximum Gasteiger partial charge on any atom is 0.339 e. The highest BCUT2D eigenvalue weighted by Crippen LogP contribution is 2.27. The Morgan fingerprint density at radius 3 is 1.65 bits per heavy atom. The molecule has 10 nitrogen and oxygen atoms in total. The average Bonchev–Trinajstić information content (AvgIpc) is 2.99. The van der Waals surface area contributed by atoms with E-state index in [9.17, 15) is 24.3 Å². The fraction of sp³-hybridized carbons (Fsp3) is 0.879. The highest BCUT2D eigenvalue weighted by atomic mass is 16.4. The van der Waals surface area contributed by atoms with Crippen molar-refractivity contribution in [2.24, 2.45) is 17.3 Å². The SMILES string of the molecule is CCCCCCCCCCCCCCCC(=O)NC(CCCCN)C(=O)[C@](CCCCN)(C(=O)O)N(N)C(=O)CCCC. The number of carboxylic acid groups (broad SMARTS) is 1. The van der Waals surface area contributed by atoms with E-state index in [4.69, 9.17) is 17.3 Å². The fourth-order valence-corrected chi connectivity index (χ4v) is 5.48. The van der Waals surface area contributed by atoms with E-state index < -0.39 is 29.2 Å². The molecule has 2 atom stereocenters. The summed E-state index contributed by atoms with van der Waals surface area (Å²) in [4.78, 5) is 52.6. The maximum absolute atomic E-state index is 14.0. The molecule has 10 heteroatoms. The van der Waals surface area contributed by atoms with Crippen LogP contribution in [0.5, 0.6) is 0 Å². The van der Waals surface area contributed by atoms with E-state index in [0.29, 0.717) is 56.6 Å². The monoisotopic (exact) mass is 611 g/mol. The van der Waals surface area contributed by atoms with E-state index in [1.807, 2.05) is 6.92 Å². The van der Waals surface area contributed by atoms with Crippen molar-refractivity contribution in [1.82, 2.24) is 10.3 Å². The molecule has 0 fully saturated rings. The number of rotatable bonds is 30. The summed E-state index contributed by atoms with van der Waals surface area (Å²) < 4.78 is 0. The van der Waals surface area contributed by atoms with E-state index >= 15 is 0 Å². The number of nitrogens with two attached hydrogens (primary N) is 3. The Morgan fingerprint density at radius 2 is 1.16 bits per heavy atom. The van der Waals surface area contributed by atoms with E-state index in [0.717, 1.165) is 25.7 Å². The fourth-order valence-electron chi connectivity index (χ4n) is 5.48. The van der Waals surface area contributed by atoms with Gasteiger partial charge in [0, 0.05) is 12.8 Å². The lowest BCUT2D eigenvalue weighted by Gasteiger charge is -2.38. The first kappa shape index (κ1) is 41.0. The minimum Gasteiger partial charge on any atom is -0.479 e. The summed E-state index contributed by atoms with van der Waals surface area (Å²) in [6.07, 6.45) is 19.1. The second-order valence-electron chi connectivity index (χ2n) is 12.0. The maximum atomic E-state index is 14.0. The number of Topliss-reactive ketones (excluding diaryl/α,β-unsaturated/α-hetero) is 1. The third kappa shape index (κ3) is 17.1. The lowest BCUT2D eigenvalue weighted by atomic mass is 9.81. The summed E-state index contributed by atoms with van der Waals surface area (Å²) in [5.41, 5.74) is 9.00. The zero-order valence-corrected chi connectivity index (χ0v) is 27.5. The number of nitrogens with zero attached hydrogens (tertiary/aromatic N) is 1. The molecule has 8 N–H and O–H groups in total. The van der Waals surface area contributed by atoms with Crippen LogP contribution in [0.2, 0.25) is 0 Å². The molecule has 0 heterocycles. The standard InChI is InChI=1S/C33H65N5O5/c1-3-5-7-8-9-10-11-12-13-14-15-16-17-23-29(39)37-28(22-18-20-26-34)31(41)33(32(42)43,25-19-21-27-35)38(36)30(40)24-6-4-2/h28H,3-27,34-36H2,1-2H3,(H,37,39)(H,42,43)/t28?,33-/m1/s1. The van der Waals surface area contributed by atoms with Crippen molar-refractivity contribution in [3.63, 3.8) is 0 Å². The smallest absolute Gasteiger partial charge is 0.339 e. The Balaban J connectivity index is 5.15. The van der Waals surface area contributed by atoms with Crippen LogP contribution in [0, 0.1) is 0 Å². The highest BCUT2D eigenvalue weighted by Gasteiger charge is 2.54. The van der Waals surface area contributed by atoms with Gasteiger partial charge in [-0.2, -0.15) is 0 Å². The summed E-state index contributed by atoms with van der Waals surface area (Å²) in [7, 11) is 0. The molecule has 0 aliphatic rings. The molecule has 0 bridgehead atoms. The number of unbranched alkanes of at least 4 members (excludes halogenated alkanes) is 15. The molecule has 43 heavy (non-hydrogen) atoms. The minimum atomic E-state index is -2.28. The molecule has 1 unspecified atom stereocenters. The number of carbonyl (C=O) groups excluding carboxylic acids is 3. The van der Waals surface area contributed by atoms with Crippen LogP contribution in [-0.2, 0) is 19.2 Å². The van der Waals surface area contributed by atoms with Crippen molar-refractivity contribution < 1.29 is 24.3 Å². The highest BCUT2D eigenvalue weighted by molar-refractivity contribution is 6.13. The second kappa shape index (κ2) is 26.4. The van der Waals surface area contributed by atoms with Gasteiger partial charge in [0.15, 0.2) is 5.78 Å². The number of carboxylic acids is 1. The zero-order chi connectivity index (χ0) is 32.3. The number of hydrogen-bond donors (Lipinski definition) is 5. The largest absolute Gasteiger partial charge is 0.479 e. The summed E-state index contributed by atoms with van der Waals surface area (Å²) in [5.74, 6) is 3.00. The van der Waals surface area contributed by atoms with Crippen molar-refractivity contribution in [2.45, 2.75) is 173 Å². The number of amides is 2. The Labute approximate surface area is 261 Å². The second-order valence-corrected chi connectivity index (χ2v) is 12.0. The predicted molar refractivity (Wildman–Crippen MR) is 174 cm³/mol. The van der Waals surface area contributed by atoms with Crippen LogP contribution in [0.25, 0.3) is 0 Å². The lowest BCUT2D eigenvalue weighted by Crippen LogP contribution is -2.68. The summed E-state index contributed by atoms with van der Waals surface area (Å²) in [6, 6.07) is -1.08. The first-order valence-corrected chi connectivity index (χ1v) is 17.3. The van der Waals surface area contributed by atoms with E-state index in [1.165, 1.54) is 57.8 Å². The third-order valence-electron chi connectivity index (χ3n) is 8.28. The molecule has 0 aromatic carbocycles. The molecule has 2 amide bonds. The predicted octanol–water partition coefficient (Wildman–Crippen LogP) is 5.50. The van der Waals surface area contributed by atoms with Crippen LogP contribution in [0.1, 0.15) is 162 Å². The number of carbonyl (C=O) groups is 4. The van der Waals surface area contributed by atoms with Crippen molar-refractivity contribution in [3.05, 3.63) is 0 Å². The van der Waals surface area contributed by atoms with Crippen LogP contribution < -0.4 is 22.6 Å². The van der Waals surface area contributed by atoms with Gasteiger partial charge in [0.25, 0.3) is 0 Å². The summed E-state index contributed by atoms with van der Waals surface area (Å²) >= 11 is 0. The molecule has 0 aliphatic carbocycles. The molecular weight excluding hydrogens is 546 g/mol. The van der Waals surface area contributed by atoms with Gasteiger partial charge in [0.1, 0.15) is 0 Å². The van der Waals surface area contributed by atoms with Crippen LogP contribution in [0.4, 0.5) is 0 Å². The number of hydrazine groups is 1. The van der Waals surface area contributed by atoms with Gasteiger partial charge in [-0.05, 0) is 64.5 Å². The Hall–Kier alpha value is -2.04. The van der Waals surface area contributed by atoms with Crippen LogP contribution >= 0.6 is 0 Å². The van der Waals surface area contributed by atoms with Crippen LogP contribution in [0.3, 0.4) is 0 Å². The topological polar surface area (TPSA) is 182 Å². The first-order valence-electron chi connectivity index (χ1n) is 17.3. The van der Waals surface area contributed by atoms with E-state index in [1.54, 1.807) is 0 Å². The number of ketones is 1. The molecule has 252 valence electrons. The Kier molecular flexibility index (Phi) is 25.1. The van der Waals surface area contributed by atoms with Crippen LogP contribution in [-0.4, -0.2) is 58.4 Å². The van der Waals surface area contributed by atoms with Gasteiger partial charge in [-0.15, -0.1) is 0 Å². The quantitative estimate of drug-likeness (QED) is 0.0232.